The molecule has 0 spiro atoms. The molecule has 1 aliphatic carbocycles. The lowest BCUT2D eigenvalue weighted by Crippen LogP contribution is -2.29. The fourth-order valence-electron chi connectivity index (χ4n) is 2.40. The third kappa shape index (κ3) is 2.96. The van der Waals surface area contributed by atoms with Crippen LogP contribution in [0.15, 0.2) is 24.4 Å². The molecule has 1 heterocycles. The average molecular weight is 292 g/mol. The molecular weight excluding hydrogens is 274 g/mol. The number of aryl methyl sites for hydroxylation is 1. The standard InChI is InChI=1S/C15H18ClN3O/c1-18(10-11-2-3-11)15(20)6-7-19-14-8-13(16)5-4-12(14)9-17-19/h4-5,8-9,11H,2-3,6-7,10H2,1H3. The van der Waals surface area contributed by atoms with Crippen LogP contribution in [0.5, 0.6) is 0 Å². The van der Waals surface area contributed by atoms with Gasteiger partial charge in [-0.2, -0.15) is 5.10 Å². The van der Waals surface area contributed by atoms with E-state index in [4.69, 9.17) is 11.6 Å². The van der Waals surface area contributed by atoms with Gasteiger partial charge in [0.1, 0.15) is 0 Å². The van der Waals surface area contributed by atoms with Crippen LogP contribution < -0.4 is 0 Å². The van der Waals surface area contributed by atoms with Crippen molar-refractivity contribution in [2.45, 2.75) is 25.8 Å². The normalized spacial score (nSPS) is 14.7. The Hall–Kier alpha value is -1.55. The molecule has 0 aliphatic heterocycles. The first-order chi connectivity index (χ1) is 9.63. The van der Waals surface area contributed by atoms with Gasteiger partial charge in [0.15, 0.2) is 0 Å². The predicted octanol–water partition coefficient (Wildman–Crippen LogP) is 2.95. The average Bonchev–Trinajstić information content (AvgIpc) is 3.15. The fraction of sp³-hybridized carbons (Fsp3) is 0.467. The van der Waals surface area contributed by atoms with Crippen molar-refractivity contribution in [2.75, 3.05) is 13.6 Å². The molecule has 0 bridgehead atoms. The summed E-state index contributed by atoms with van der Waals surface area (Å²) < 4.78 is 1.85. The van der Waals surface area contributed by atoms with Gasteiger partial charge >= 0.3 is 0 Å². The maximum absolute atomic E-state index is 12.1. The minimum Gasteiger partial charge on any atom is -0.345 e. The van der Waals surface area contributed by atoms with E-state index in [-0.39, 0.29) is 5.91 Å². The van der Waals surface area contributed by atoms with Crippen molar-refractivity contribution in [3.05, 3.63) is 29.4 Å². The van der Waals surface area contributed by atoms with E-state index in [1.54, 1.807) is 0 Å². The number of halogens is 1. The number of nitrogens with zero attached hydrogens (tertiary/aromatic N) is 3. The second kappa shape index (κ2) is 5.44. The van der Waals surface area contributed by atoms with E-state index >= 15 is 0 Å². The Morgan fingerprint density at radius 2 is 2.30 bits per heavy atom. The number of carbonyl (C=O) groups is 1. The number of rotatable bonds is 5. The molecule has 20 heavy (non-hydrogen) atoms. The molecule has 0 saturated heterocycles. The van der Waals surface area contributed by atoms with Crippen LogP contribution in [0.3, 0.4) is 0 Å². The van der Waals surface area contributed by atoms with Crippen molar-refractivity contribution >= 4 is 28.4 Å². The summed E-state index contributed by atoms with van der Waals surface area (Å²) in [6.45, 7) is 1.49. The summed E-state index contributed by atoms with van der Waals surface area (Å²) in [7, 11) is 1.89. The van der Waals surface area contributed by atoms with Crippen LogP contribution in [0.2, 0.25) is 5.02 Å². The summed E-state index contributed by atoms with van der Waals surface area (Å²) >= 11 is 6.01. The maximum atomic E-state index is 12.1. The lowest BCUT2D eigenvalue weighted by atomic mass is 10.2. The van der Waals surface area contributed by atoms with Gasteiger partial charge in [-0.3, -0.25) is 9.48 Å². The van der Waals surface area contributed by atoms with Gasteiger partial charge < -0.3 is 4.90 Å². The fourth-order valence-corrected chi connectivity index (χ4v) is 2.57. The van der Waals surface area contributed by atoms with Crippen LogP contribution in [-0.4, -0.2) is 34.2 Å². The number of benzene rings is 1. The Kier molecular flexibility index (Phi) is 3.66. The van der Waals surface area contributed by atoms with Gasteiger partial charge in [-0.15, -0.1) is 0 Å². The highest BCUT2D eigenvalue weighted by atomic mass is 35.5. The van der Waals surface area contributed by atoms with Crippen LogP contribution in [-0.2, 0) is 11.3 Å². The van der Waals surface area contributed by atoms with E-state index in [2.05, 4.69) is 5.10 Å². The van der Waals surface area contributed by atoms with Crippen LogP contribution in [0.1, 0.15) is 19.3 Å². The quantitative estimate of drug-likeness (QED) is 0.849. The zero-order valence-corrected chi connectivity index (χ0v) is 12.3. The van der Waals surface area contributed by atoms with Gasteiger partial charge in [0, 0.05) is 30.4 Å². The van der Waals surface area contributed by atoms with Gasteiger partial charge in [-0.05, 0) is 37.0 Å². The highest BCUT2D eigenvalue weighted by Crippen LogP contribution is 2.29. The van der Waals surface area contributed by atoms with Crippen LogP contribution in [0.25, 0.3) is 10.9 Å². The molecule has 0 radical (unpaired) electrons. The molecule has 0 unspecified atom stereocenters. The van der Waals surface area contributed by atoms with Gasteiger partial charge in [0.05, 0.1) is 18.3 Å². The van der Waals surface area contributed by atoms with E-state index in [0.29, 0.717) is 18.0 Å². The van der Waals surface area contributed by atoms with Gasteiger partial charge in [0.2, 0.25) is 5.91 Å². The summed E-state index contributed by atoms with van der Waals surface area (Å²) in [6, 6.07) is 5.69. The third-order valence-corrected chi connectivity index (χ3v) is 4.03. The number of amides is 1. The summed E-state index contributed by atoms with van der Waals surface area (Å²) in [6.07, 6.45) is 4.82. The second-order valence-corrected chi connectivity index (χ2v) is 5.97. The van der Waals surface area contributed by atoms with E-state index < -0.39 is 0 Å². The third-order valence-electron chi connectivity index (χ3n) is 3.80. The smallest absolute Gasteiger partial charge is 0.224 e. The van der Waals surface area contributed by atoms with E-state index in [9.17, 15) is 4.79 Å². The molecule has 1 amide bonds. The Morgan fingerprint density at radius 3 is 3.05 bits per heavy atom. The van der Waals surface area contributed by atoms with Crippen molar-refractivity contribution in [1.29, 1.82) is 0 Å². The van der Waals surface area contributed by atoms with Crippen molar-refractivity contribution in [1.82, 2.24) is 14.7 Å². The Balaban J connectivity index is 1.64. The van der Waals surface area contributed by atoms with Crippen LogP contribution in [0, 0.1) is 5.92 Å². The van der Waals surface area contributed by atoms with Gasteiger partial charge in [-0.25, -0.2) is 0 Å². The zero-order valence-electron chi connectivity index (χ0n) is 11.6. The predicted molar refractivity (Wildman–Crippen MR) is 79.7 cm³/mol. The van der Waals surface area contributed by atoms with E-state index in [0.717, 1.165) is 23.4 Å². The molecule has 1 aliphatic rings. The largest absolute Gasteiger partial charge is 0.345 e. The van der Waals surface area contributed by atoms with Crippen LogP contribution in [0.4, 0.5) is 0 Å². The Labute approximate surface area is 123 Å². The Morgan fingerprint density at radius 1 is 1.50 bits per heavy atom. The van der Waals surface area contributed by atoms with Gasteiger partial charge in [-0.1, -0.05) is 11.6 Å². The molecule has 4 nitrogen and oxygen atoms in total. The topological polar surface area (TPSA) is 38.1 Å². The number of fused-ring (bicyclic) bond motifs is 1. The van der Waals surface area contributed by atoms with Crippen molar-refractivity contribution in [2.24, 2.45) is 5.92 Å². The summed E-state index contributed by atoms with van der Waals surface area (Å²) in [4.78, 5) is 13.9. The molecule has 106 valence electrons. The van der Waals surface area contributed by atoms with Crippen molar-refractivity contribution < 1.29 is 4.79 Å². The molecule has 5 heteroatoms. The highest BCUT2D eigenvalue weighted by Gasteiger charge is 2.24. The minimum atomic E-state index is 0.183. The minimum absolute atomic E-state index is 0.183. The second-order valence-electron chi connectivity index (χ2n) is 5.54. The van der Waals surface area contributed by atoms with E-state index in [1.165, 1.54) is 12.8 Å². The molecule has 0 N–H and O–H groups in total. The zero-order chi connectivity index (χ0) is 14.1. The van der Waals surface area contributed by atoms with Crippen LogP contribution >= 0.6 is 11.6 Å². The van der Waals surface area contributed by atoms with Crippen molar-refractivity contribution in [3.63, 3.8) is 0 Å². The first-order valence-electron chi connectivity index (χ1n) is 6.98. The summed E-state index contributed by atoms with van der Waals surface area (Å²) in [5.41, 5.74) is 0.982. The molecule has 1 saturated carbocycles. The molecule has 2 aromatic rings. The number of aromatic nitrogens is 2. The molecule has 3 rings (SSSR count). The SMILES string of the molecule is CN(CC1CC1)C(=O)CCn1ncc2ccc(Cl)cc21. The van der Waals surface area contributed by atoms with Crippen molar-refractivity contribution in [3.8, 4) is 0 Å². The summed E-state index contributed by atoms with van der Waals surface area (Å²) in [5, 5.41) is 6.07. The Bertz CT molecular complexity index is 633. The molecule has 0 atom stereocenters. The number of carbonyl (C=O) groups excluding carboxylic acids is 1. The monoisotopic (exact) mass is 291 g/mol. The number of hydrogen-bond acceptors (Lipinski definition) is 2. The first kappa shape index (κ1) is 13.4. The number of hydrogen-bond donors (Lipinski definition) is 0. The lowest BCUT2D eigenvalue weighted by molar-refractivity contribution is -0.130. The maximum Gasteiger partial charge on any atom is 0.224 e. The molecule has 1 fully saturated rings. The molecule has 1 aromatic heterocycles. The molecular formula is C15H18ClN3O. The summed E-state index contributed by atoms with van der Waals surface area (Å²) in [5.74, 6) is 0.913. The lowest BCUT2D eigenvalue weighted by Gasteiger charge is -2.16. The molecule has 1 aromatic carbocycles. The highest BCUT2D eigenvalue weighted by molar-refractivity contribution is 6.31. The first-order valence-corrected chi connectivity index (χ1v) is 7.36. The van der Waals surface area contributed by atoms with Gasteiger partial charge in [0.25, 0.3) is 0 Å². The van der Waals surface area contributed by atoms with E-state index in [1.807, 2.05) is 41.0 Å².